The van der Waals surface area contributed by atoms with Gasteiger partial charge in [-0.1, -0.05) is 44.2 Å². The summed E-state index contributed by atoms with van der Waals surface area (Å²) in [6.07, 6.45) is 4.23. The number of piperidine rings is 1. The van der Waals surface area contributed by atoms with Crippen molar-refractivity contribution in [2.75, 3.05) is 13.1 Å². The Morgan fingerprint density at radius 1 is 1.15 bits per heavy atom. The summed E-state index contributed by atoms with van der Waals surface area (Å²) < 4.78 is 0. The van der Waals surface area contributed by atoms with Crippen molar-refractivity contribution >= 4 is 22.5 Å². The molecule has 5 rings (SSSR count). The minimum Gasteiger partial charge on any atom is -0.337 e. The van der Waals surface area contributed by atoms with Crippen LogP contribution in [-0.2, 0) is 19.3 Å². The van der Waals surface area contributed by atoms with Crippen LogP contribution in [0.4, 0.5) is 0 Å². The summed E-state index contributed by atoms with van der Waals surface area (Å²) in [7, 11) is 0. The molecular weight excluding hydrogens is 414 g/mol. The van der Waals surface area contributed by atoms with Gasteiger partial charge < -0.3 is 9.88 Å². The minimum atomic E-state index is -0.506. The van der Waals surface area contributed by atoms with Crippen molar-refractivity contribution in [2.45, 2.75) is 46.0 Å². The number of hydrogen-bond acceptors (Lipinski definition) is 4. The molecule has 1 aromatic heterocycles. The zero-order valence-electron chi connectivity index (χ0n) is 19.2. The quantitative estimate of drug-likeness (QED) is 0.605. The first kappa shape index (κ1) is 21.6. The molecule has 1 N–H and O–H groups in total. The van der Waals surface area contributed by atoms with E-state index in [0.29, 0.717) is 31.1 Å². The van der Waals surface area contributed by atoms with Gasteiger partial charge in [0.2, 0.25) is 0 Å². The number of aromatic amines is 1. The fourth-order valence-corrected chi connectivity index (χ4v) is 5.39. The number of H-pyrrole nitrogens is 1. The van der Waals surface area contributed by atoms with Crippen molar-refractivity contribution in [1.82, 2.24) is 14.9 Å². The Morgan fingerprint density at radius 2 is 1.94 bits per heavy atom. The number of carbonyl (C=O) groups excluding carboxylic acids is 2. The second-order valence-electron chi connectivity index (χ2n) is 9.76. The van der Waals surface area contributed by atoms with E-state index >= 15 is 0 Å². The fraction of sp³-hybridized carbons (Fsp3) is 0.407. The van der Waals surface area contributed by atoms with E-state index in [2.05, 4.69) is 35.9 Å². The Labute approximate surface area is 193 Å². The van der Waals surface area contributed by atoms with Gasteiger partial charge >= 0.3 is 5.69 Å². The van der Waals surface area contributed by atoms with E-state index in [1.807, 2.05) is 18.2 Å². The molecule has 6 nitrogen and oxygen atoms in total. The van der Waals surface area contributed by atoms with Crippen LogP contribution < -0.4 is 5.69 Å². The summed E-state index contributed by atoms with van der Waals surface area (Å²) in [4.78, 5) is 47.2. The number of aryl methyl sites for hydroxylation is 2. The molecule has 0 unspecified atom stereocenters. The number of benzene rings is 2. The van der Waals surface area contributed by atoms with E-state index in [1.165, 1.54) is 16.5 Å². The van der Waals surface area contributed by atoms with Crippen molar-refractivity contribution in [1.29, 1.82) is 0 Å². The van der Waals surface area contributed by atoms with E-state index in [1.54, 1.807) is 11.0 Å². The second kappa shape index (κ2) is 8.58. The predicted molar refractivity (Wildman–Crippen MR) is 128 cm³/mol. The van der Waals surface area contributed by atoms with Crippen molar-refractivity contribution < 1.29 is 9.59 Å². The Balaban J connectivity index is 1.39. The van der Waals surface area contributed by atoms with Crippen LogP contribution in [0.15, 0.2) is 41.2 Å². The Hall–Kier alpha value is -3.28. The highest BCUT2D eigenvalue weighted by atomic mass is 16.2. The lowest BCUT2D eigenvalue weighted by molar-refractivity contribution is 0.0632. The molecule has 0 radical (unpaired) electrons. The highest BCUT2D eigenvalue weighted by Crippen LogP contribution is 2.34. The molecule has 2 aromatic carbocycles. The summed E-state index contributed by atoms with van der Waals surface area (Å²) in [6, 6.07) is 12.0. The van der Waals surface area contributed by atoms with Crippen LogP contribution in [0.1, 0.15) is 64.4 Å². The molecule has 1 atom stereocenters. The smallest absolute Gasteiger partial charge is 0.337 e. The molecule has 1 aliphatic heterocycles. The lowest BCUT2D eigenvalue weighted by Gasteiger charge is -2.32. The van der Waals surface area contributed by atoms with Crippen molar-refractivity contribution in [2.24, 2.45) is 11.8 Å². The van der Waals surface area contributed by atoms with Crippen LogP contribution in [0.3, 0.4) is 0 Å². The summed E-state index contributed by atoms with van der Waals surface area (Å²) in [5.41, 5.74) is 3.75. The highest BCUT2D eigenvalue weighted by molar-refractivity contribution is 6.11. The van der Waals surface area contributed by atoms with Gasteiger partial charge in [0, 0.05) is 30.3 Å². The SMILES string of the molecule is CC(C)Cc1cc(C(=O)N2CCC[C@H](C(=O)c3ccc4c5c(cccc35)CC4)C2)nc(=O)[nH]1. The number of ketones is 1. The number of carbonyl (C=O) groups is 2. The van der Waals surface area contributed by atoms with Crippen LogP contribution in [-0.4, -0.2) is 39.6 Å². The lowest BCUT2D eigenvalue weighted by Crippen LogP contribution is -2.43. The molecule has 1 fully saturated rings. The van der Waals surface area contributed by atoms with Crippen LogP contribution in [0.25, 0.3) is 10.8 Å². The van der Waals surface area contributed by atoms with Gasteiger partial charge in [-0.25, -0.2) is 4.79 Å². The van der Waals surface area contributed by atoms with Crippen molar-refractivity contribution in [3.63, 3.8) is 0 Å². The zero-order chi connectivity index (χ0) is 23.1. The lowest BCUT2D eigenvalue weighted by atomic mass is 9.87. The normalized spacial score (nSPS) is 17.7. The van der Waals surface area contributed by atoms with Gasteiger partial charge in [-0.2, -0.15) is 4.98 Å². The van der Waals surface area contributed by atoms with E-state index in [-0.39, 0.29) is 23.3 Å². The fourth-order valence-electron chi connectivity index (χ4n) is 5.39. The van der Waals surface area contributed by atoms with Crippen LogP contribution in [0, 0.1) is 11.8 Å². The molecule has 3 aromatic rings. The molecule has 0 bridgehead atoms. The molecule has 1 aliphatic carbocycles. The first-order chi connectivity index (χ1) is 15.9. The first-order valence-electron chi connectivity index (χ1n) is 11.9. The van der Waals surface area contributed by atoms with E-state index in [4.69, 9.17) is 0 Å². The molecule has 1 saturated heterocycles. The van der Waals surface area contributed by atoms with Crippen molar-refractivity contribution in [3.05, 3.63) is 75.0 Å². The van der Waals surface area contributed by atoms with Gasteiger partial charge in [0.15, 0.2) is 5.78 Å². The van der Waals surface area contributed by atoms with Gasteiger partial charge in [0.25, 0.3) is 5.91 Å². The topological polar surface area (TPSA) is 83.1 Å². The highest BCUT2D eigenvalue weighted by Gasteiger charge is 2.31. The first-order valence-corrected chi connectivity index (χ1v) is 11.9. The monoisotopic (exact) mass is 443 g/mol. The Morgan fingerprint density at radius 3 is 2.73 bits per heavy atom. The average molecular weight is 444 g/mol. The molecule has 33 heavy (non-hydrogen) atoms. The largest absolute Gasteiger partial charge is 0.345 e. The maximum atomic E-state index is 13.6. The molecule has 2 heterocycles. The maximum Gasteiger partial charge on any atom is 0.345 e. The molecule has 2 aliphatic rings. The number of hydrogen-bond donors (Lipinski definition) is 1. The van der Waals surface area contributed by atoms with Gasteiger partial charge in [-0.05, 0) is 66.0 Å². The summed E-state index contributed by atoms with van der Waals surface area (Å²) >= 11 is 0. The third-order valence-electron chi connectivity index (χ3n) is 6.87. The van der Waals surface area contributed by atoms with Crippen molar-refractivity contribution in [3.8, 4) is 0 Å². The van der Waals surface area contributed by atoms with Crippen LogP contribution in [0.2, 0.25) is 0 Å². The third-order valence-corrected chi connectivity index (χ3v) is 6.87. The summed E-state index contributed by atoms with van der Waals surface area (Å²) in [6.45, 7) is 5.04. The standard InChI is InChI=1S/C27H29N3O3/c1-16(2)13-20-14-23(29-27(33)28-20)26(32)30-12-4-6-19(15-30)25(31)22-11-10-18-9-8-17-5-3-7-21(22)24(17)18/h3,5,7,10-11,14,16,19H,4,6,8-9,12-13,15H2,1-2H3,(H,28,29,33)/t19-/m0/s1. The Bertz CT molecular complexity index is 1300. The molecule has 170 valence electrons. The number of nitrogens with one attached hydrogen (secondary N) is 1. The minimum absolute atomic E-state index is 0.0995. The van der Waals surface area contributed by atoms with Gasteiger partial charge in [-0.15, -0.1) is 0 Å². The predicted octanol–water partition coefficient (Wildman–Crippen LogP) is 3.96. The average Bonchev–Trinajstić information content (AvgIpc) is 3.22. The third kappa shape index (κ3) is 4.10. The van der Waals surface area contributed by atoms with Gasteiger partial charge in [-0.3, -0.25) is 9.59 Å². The number of Topliss-reactive ketones (excluding diaryl/α,β-unsaturated/α-hetero) is 1. The van der Waals surface area contributed by atoms with Crippen LogP contribution >= 0.6 is 0 Å². The number of likely N-dealkylation sites (tertiary alicyclic amines) is 1. The van der Waals surface area contributed by atoms with E-state index in [0.717, 1.165) is 36.6 Å². The molecule has 6 heteroatoms. The molecule has 1 amide bonds. The van der Waals surface area contributed by atoms with Gasteiger partial charge in [0.05, 0.1) is 0 Å². The Kier molecular flexibility index (Phi) is 5.60. The summed E-state index contributed by atoms with van der Waals surface area (Å²) in [5, 5.41) is 2.27. The number of amides is 1. The number of rotatable bonds is 5. The summed E-state index contributed by atoms with van der Waals surface area (Å²) in [5.74, 6) is -0.0782. The molecule has 0 spiro atoms. The second-order valence-corrected chi connectivity index (χ2v) is 9.76. The molecule has 0 saturated carbocycles. The van der Waals surface area contributed by atoms with Gasteiger partial charge in [0.1, 0.15) is 5.69 Å². The molecular formula is C27H29N3O3. The van der Waals surface area contributed by atoms with E-state index in [9.17, 15) is 14.4 Å². The zero-order valence-corrected chi connectivity index (χ0v) is 19.2. The van der Waals surface area contributed by atoms with Crippen LogP contribution in [0.5, 0.6) is 0 Å². The maximum absolute atomic E-state index is 13.6. The number of aromatic nitrogens is 2. The van der Waals surface area contributed by atoms with E-state index < -0.39 is 5.69 Å². The number of nitrogens with zero attached hydrogens (tertiary/aromatic N) is 2.